The fraction of sp³-hybridized carbons (Fsp3) is 0.321. The Labute approximate surface area is 203 Å². The number of carboxylic acids is 1. The Balaban J connectivity index is 1.50. The van der Waals surface area contributed by atoms with Gasteiger partial charge in [-0.3, -0.25) is 14.6 Å². The van der Waals surface area contributed by atoms with E-state index in [1.165, 1.54) is 4.90 Å². The normalized spacial score (nSPS) is 14.1. The number of nitrogens with zero attached hydrogens (tertiary/aromatic N) is 2. The molecule has 1 N–H and O–H groups in total. The number of amides is 1. The molecule has 0 saturated heterocycles. The molecule has 0 radical (unpaired) electrons. The molecule has 1 aliphatic carbocycles. The van der Waals surface area contributed by atoms with Gasteiger partial charge in [0.1, 0.15) is 5.75 Å². The van der Waals surface area contributed by atoms with Crippen molar-refractivity contribution in [3.05, 3.63) is 84.2 Å². The smallest absolute Gasteiger partial charge is 0.303 e. The minimum Gasteiger partial charge on any atom is -0.493 e. The van der Waals surface area contributed by atoms with Crippen LogP contribution in [0.15, 0.2) is 73.1 Å². The molecule has 34 heavy (non-hydrogen) atoms. The molecule has 3 aromatic rings. The highest BCUT2D eigenvalue weighted by Gasteiger charge is 2.33. The largest absolute Gasteiger partial charge is 0.493 e. The van der Waals surface area contributed by atoms with E-state index in [0.29, 0.717) is 42.7 Å². The Morgan fingerprint density at radius 3 is 2.38 bits per heavy atom. The van der Waals surface area contributed by atoms with E-state index < -0.39 is 12.5 Å². The van der Waals surface area contributed by atoms with Crippen LogP contribution in [0.4, 0.5) is 0 Å². The van der Waals surface area contributed by atoms with Crippen LogP contribution < -0.4 is 4.74 Å². The molecule has 0 spiro atoms. The first kappa shape index (κ1) is 20.9. The molecule has 1 fully saturated rings. The van der Waals surface area contributed by atoms with E-state index in [2.05, 4.69) is 4.98 Å². The number of benzene rings is 2. The van der Waals surface area contributed by atoms with Crippen LogP contribution in [0.2, 0.25) is 0 Å². The fourth-order valence-electron chi connectivity index (χ4n) is 3.68. The molecule has 1 aliphatic rings. The third-order valence-electron chi connectivity index (χ3n) is 5.70. The van der Waals surface area contributed by atoms with E-state index in [9.17, 15) is 9.59 Å². The highest BCUT2D eigenvalue weighted by molar-refractivity contribution is 5.95. The van der Waals surface area contributed by atoms with E-state index in [1.807, 2.05) is 24.3 Å². The second kappa shape index (κ2) is 11.5. The van der Waals surface area contributed by atoms with Crippen molar-refractivity contribution in [1.82, 2.24) is 9.88 Å². The van der Waals surface area contributed by atoms with E-state index >= 15 is 0 Å². The lowest BCUT2D eigenvalue weighted by atomic mass is 10.0. The summed E-state index contributed by atoms with van der Waals surface area (Å²) < 4.78 is 23.9. The number of carbonyl (C=O) groups excluding carboxylic acids is 1. The summed E-state index contributed by atoms with van der Waals surface area (Å²) in [6.07, 6.45) is 7.02. The van der Waals surface area contributed by atoms with Crippen molar-refractivity contribution in [2.24, 2.45) is 0 Å². The number of aromatic nitrogens is 1. The molecule has 0 unspecified atom stereocenters. The van der Waals surface area contributed by atoms with Crippen LogP contribution in [-0.2, 0) is 11.3 Å². The van der Waals surface area contributed by atoms with Gasteiger partial charge in [-0.05, 0) is 73.6 Å². The molecular formula is C28H30N2O4. The molecule has 176 valence electrons. The first-order valence-corrected chi connectivity index (χ1v) is 11.7. The maximum Gasteiger partial charge on any atom is 0.303 e. The van der Waals surface area contributed by atoms with Crippen molar-refractivity contribution < 1.29 is 22.2 Å². The number of aliphatic carboxylic acids is 1. The molecule has 1 heterocycles. The van der Waals surface area contributed by atoms with Crippen molar-refractivity contribution in [2.45, 2.75) is 51.1 Å². The Morgan fingerprint density at radius 2 is 1.68 bits per heavy atom. The summed E-state index contributed by atoms with van der Waals surface area (Å²) in [5.41, 5.74) is 2.69. The molecule has 0 aliphatic heterocycles. The molecule has 6 heteroatoms. The summed E-state index contributed by atoms with van der Waals surface area (Å²) in [6.45, 7) is -1.72. The molecule has 4 rings (SSSR count). The zero-order valence-electron chi connectivity index (χ0n) is 21.0. The van der Waals surface area contributed by atoms with Gasteiger partial charge < -0.3 is 14.7 Å². The lowest BCUT2D eigenvalue weighted by Gasteiger charge is -2.24. The topological polar surface area (TPSA) is 79.7 Å². The maximum absolute atomic E-state index is 13.6. The molecule has 2 aromatic carbocycles. The Bertz CT molecular complexity index is 1180. The number of hydrogen-bond acceptors (Lipinski definition) is 4. The van der Waals surface area contributed by atoms with Crippen LogP contribution in [0, 0.1) is 0 Å². The average Bonchev–Trinajstić information content (AvgIpc) is 3.71. The number of pyridine rings is 1. The number of unbranched alkanes of at least 4 members (excludes halogenated alkanes) is 2. The van der Waals surface area contributed by atoms with Crippen LogP contribution in [0.5, 0.6) is 5.75 Å². The molecule has 1 aromatic heterocycles. The lowest BCUT2D eigenvalue weighted by Crippen LogP contribution is -2.32. The predicted octanol–water partition coefficient (Wildman–Crippen LogP) is 5.58. The SMILES string of the molecule is [2H]C([2H])(c1ccccc1OCCCCCC(=O)O)N(C(=O)c1ccc(-c2ccncc2)cc1)C1CC1. The van der Waals surface area contributed by atoms with Crippen LogP contribution in [0.1, 0.15) is 57.2 Å². The first-order chi connectivity index (χ1) is 17.4. The lowest BCUT2D eigenvalue weighted by molar-refractivity contribution is -0.137. The predicted molar refractivity (Wildman–Crippen MR) is 131 cm³/mol. The summed E-state index contributed by atoms with van der Waals surface area (Å²) in [6, 6.07) is 17.7. The molecule has 0 atom stereocenters. The van der Waals surface area contributed by atoms with Gasteiger partial charge in [0.2, 0.25) is 0 Å². The highest BCUT2D eigenvalue weighted by Crippen LogP contribution is 2.32. The van der Waals surface area contributed by atoms with Gasteiger partial charge in [-0.15, -0.1) is 0 Å². The second-order valence-electron chi connectivity index (χ2n) is 8.38. The van der Waals surface area contributed by atoms with Crippen LogP contribution in [0.25, 0.3) is 11.1 Å². The van der Waals surface area contributed by atoms with Gasteiger partial charge in [-0.2, -0.15) is 0 Å². The van der Waals surface area contributed by atoms with E-state index in [0.717, 1.165) is 24.0 Å². The van der Waals surface area contributed by atoms with Gasteiger partial charge in [0.25, 0.3) is 5.91 Å². The number of rotatable bonds is 12. The van der Waals surface area contributed by atoms with Crippen molar-refractivity contribution >= 4 is 11.9 Å². The summed E-state index contributed by atoms with van der Waals surface area (Å²) in [5, 5.41) is 8.76. The quantitative estimate of drug-likeness (QED) is 0.357. The second-order valence-corrected chi connectivity index (χ2v) is 8.38. The maximum atomic E-state index is 13.6. The number of carbonyl (C=O) groups is 2. The van der Waals surface area contributed by atoms with E-state index in [1.54, 1.807) is 48.8 Å². The van der Waals surface area contributed by atoms with Crippen molar-refractivity contribution in [1.29, 1.82) is 0 Å². The molecule has 1 saturated carbocycles. The molecular weight excluding hydrogens is 428 g/mol. The number of ether oxygens (including phenoxy) is 1. The van der Waals surface area contributed by atoms with Gasteiger partial charge >= 0.3 is 5.97 Å². The average molecular weight is 461 g/mol. The minimum absolute atomic E-state index is 0.126. The monoisotopic (exact) mass is 460 g/mol. The Kier molecular flexibility index (Phi) is 7.04. The minimum atomic E-state index is -2.07. The third-order valence-corrected chi connectivity index (χ3v) is 5.70. The van der Waals surface area contributed by atoms with Gasteiger partial charge in [0, 0.05) is 42.5 Å². The van der Waals surface area contributed by atoms with Crippen LogP contribution in [0.3, 0.4) is 0 Å². The van der Waals surface area contributed by atoms with Crippen LogP contribution in [-0.4, -0.2) is 39.5 Å². The standard InChI is InChI=1S/C28H30N2O4/c31-27(32)8-2-1-5-19-34-26-7-4-3-6-24(26)20-30(25-13-14-25)28(33)23-11-9-21(10-12-23)22-15-17-29-18-16-22/h3-4,6-7,9-12,15-18,25H,1-2,5,8,13-14,19-20H2,(H,31,32)/i20D2. The van der Waals surface area contributed by atoms with Crippen molar-refractivity contribution in [3.63, 3.8) is 0 Å². The fourth-order valence-corrected chi connectivity index (χ4v) is 3.68. The zero-order chi connectivity index (χ0) is 25.5. The summed E-state index contributed by atoms with van der Waals surface area (Å²) in [4.78, 5) is 29.6. The summed E-state index contributed by atoms with van der Waals surface area (Å²) in [5.74, 6) is -0.772. The Hall–Kier alpha value is -3.67. The number of carboxylic acid groups (broad SMARTS) is 1. The number of hydrogen-bond donors (Lipinski definition) is 1. The third kappa shape index (κ3) is 6.44. The van der Waals surface area contributed by atoms with Crippen LogP contribution >= 0.6 is 0 Å². The first-order valence-electron chi connectivity index (χ1n) is 12.7. The van der Waals surface area contributed by atoms with Gasteiger partial charge in [0.15, 0.2) is 0 Å². The van der Waals surface area contributed by atoms with E-state index in [-0.39, 0.29) is 18.4 Å². The van der Waals surface area contributed by atoms with Crippen molar-refractivity contribution in [3.8, 4) is 16.9 Å². The molecule has 6 nitrogen and oxygen atoms in total. The number of para-hydroxylation sites is 1. The molecule has 0 bridgehead atoms. The van der Waals surface area contributed by atoms with Gasteiger partial charge in [0.05, 0.1) is 9.35 Å². The zero-order valence-corrected chi connectivity index (χ0v) is 19.0. The van der Waals surface area contributed by atoms with Crippen molar-refractivity contribution in [2.75, 3.05) is 6.61 Å². The highest BCUT2D eigenvalue weighted by atomic mass is 16.5. The van der Waals surface area contributed by atoms with Gasteiger partial charge in [-0.1, -0.05) is 30.3 Å². The van der Waals surface area contributed by atoms with E-state index in [4.69, 9.17) is 12.6 Å². The molecule has 1 amide bonds. The summed E-state index contributed by atoms with van der Waals surface area (Å²) >= 11 is 0. The Morgan fingerprint density at radius 1 is 0.971 bits per heavy atom. The van der Waals surface area contributed by atoms with Gasteiger partial charge in [-0.25, -0.2) is 0 Å². The summed E-state index contributed by atoms with van der Waals surface area (Å²) in [7, 11) is 0.